The zero-order chi connectivity index (χ0) is 21.5. The van der Waals surface area contributed by atoms with Crippen molar-refractivity contribution in [2.45, 2.75) is 26.2 Å². The van der Waals surface area contributed by atoms with Gasteiger partial charge in [-0.1, -0.05) is 48.0 Å². The lowest BCUT2D eigenvalue weighted by atomic mass is 9.98. The number of hydrogen-bond acceptors (Lipinski definition) is 4. The van der Waals surface area contributed by atoms with Gasteiger partial charge >= 0.3 is 6.03 Å². The molecule has 0 spiro atoms. The summed E-state index contributed by atoms with van der Waals surface area (Å²) in [4.78, 5) is 23.8. The Hall–Kier alpha value is -3.41. The number of aromatic nitrogens is 2. The molecule has 160 valence electrons. The van der Waals surface area contributed by atoms with Gasteiger partial charge in [0.15, 0.2) is 0 Å². The minimum atomic E-state index is -0.159. The Morgan fingerprint density at radius 2 is 1.90 bits per heavy atom. The third-order valence-electron chi connectivity index (χ3n) is 5.60. The second-order valence-corrected chi connectivity index (χ2v) is 8.15. The van der Waals surface area contributed by atoms with Crippen LogP contribution in [-0.2, 0) is 6.42 Å². The number of nitrogens with zero attached hydrogens (tertiary/aromatic N) is 3. The topological polar surface area (TPSA) is 70.2 Å². The first-order chi connectivity index (χ1) is 15.2. The predicted molar refractivity (Wildman–Crippen MR) is 124 cm³/mol. The lowest BCUT2D eigenvalue weighted by Crippen LogP contribution is -2.42. The van der Waals surface area contributed by atoms with Gasteiger partial charge in [-0.2, -0.15) is 0 Å². The molecule has 31 heavy (non-hydrogen) atoms. The molecule has 1 aliphatic rings. The summed E-state index contributed by atoms with van der Waals surface area (Å²) in [6.07, 6.45) is 4.76. The Morgan fingerprint density at radius 1 is 1.10 bits per heavy atom. The molecule has 6 heteroatoms. The van der Waals surface area contributed by atoms with Crippen LogP contribution in [0.25, 0.3) is 0 Å². The average molecular weight is 416 g/mol. The number of piperidine rings is 1. The molecular weight excluding hydrogens is 386 g/mol. The summed E-state index contributed by atoms with van der Waals surface area (Å²) in [5, 5.41) is 5.92. The van der Waals surface area contributed by atoms with Gasteiger partial charge in [0.05, 0.1) is 0 Å². The molecule has 4 rings (SSSR count). The summed E-state index contributed by atoms with van der Waals surface area (Å²) in [6.45, 7) is 4.54. The van der Waals surface area contributed by atoms with E-state index in [0.717, 1.165) is 49.7 Å². The fraction of sp³-hybridized carbons (Fsp3) is 0.320. The van der Waals surface area contributed by atoms with Crippen LogP contribution in [0.5, 0.6) is 0 Å². The van der Waals surface area contributed by atoms with Gasteiger partial charge in [0.25, 0.3) is 0 Å². The van der Waals surface area contributed by atoms with E-state index in [-0.39, 0.29) is 6.03 Å². The van der Waals surface area contributed by atoms with E-state index in [1.165, 1.54) is 11.1 Å². The van der Waals surface area contributed by atoms with Crippen LogP contribution in [-0.4, -0.2) is 35.6 Å². The second kappa shape index (κ2) is 10.1. The SMILES string of the molecule is Cc1ccc(NC(=O)NCC2CCCN(c3ccnc(Cc4ccccc4)n3)C2)cc1. The van der Waals surface area contributed by atoms with Gasteiger partial charge in [0.1, 0.15) is 11.6 Å². The number of benzene rings is 2. The van der Waals surface area contributed by atoms with Crippen molar-refractivity contribution in [3.8, 4) is 0 Å². The number of anilines is 2. The van der Waals surface area contributed by atoms with E-state index in [1.807, 2.05) is 61.7 Å². The lowest BCUT2D eigenvalue weighted by Gasteiger charge is -2.33. The quantitative estimate of drug-likeness (QED) is 0.625. The molecule has 3 aromatic rings. The maximum Gasteiger partial charge on any atom is 0.319 e. The highest BCUT2D eigenvalue weighted by atomic mass is 16.2. The Bertz CT molecular complexity index is 990. The number of aryl methyl sites for hydroxylation is 1. The maximum absolute atomic E-state index is 12.3. The first kappa shape index (κ1) is 20.8. The zero-order valence-corrected chi connectivity index (χ0v) is 17.9. The third-order valence-corrected chi connectivity index (χ3v) is 5.60. The van der Waals surface area contributed by atoms with Crippen molar-refractivity contribution in [1.82, 2.24) is 15.3 Å². The first-order valence-electron chi connectivity index (χ1n) is 10.9. The van der Waals surface area contributed by atoms with E-state index in [4.69, 9.17) is 4.98 Å². The van der Waals surface area contributed by atoms with E-state index in [9.17, 15) is 4.79 Å². The van der Waals surface area contributed by atoms with Gasteiger partial charge < -0.3 is 15.5 Å². The lowest BCUT2D eigenvalue weighted by molar-refractivity contribution is 0.249. The van der Waals surface area contributed by atoms with Crippen molar-refractivity contribution < 1.29 is 4.79 Å². The minimum absolute atomic E-state index is 0.159. The summed E-state index contributed by atoms with van der Waals surface area (Å²) >= 11 is 0. The van der Waals surface area contributed by atoms with Crippen molar-refractivity contribution in [2.24, 2.45) is 5.92 Å². The number of carbonyl (C=O) groups is 1. The van der Waals surface area contributed by atoms with Crippen molar-refractivity contribution in [3.05, 3.63) is 83.8 Å². The van der Waals surface area contributed by atoms with Crippen LogP contribution in [0.1, 0.15) is 29.8 Å². The molecule has 6 nitrogen and oxygen atoms in total. The highest BCUT2D eigenvalue weighted by Gasteiger charge is 2.22. The highest BCUT2D eigenvalue weighted by Crippen LogP contribution is 2.21. The van der Waals surface area contributed by atoms with E-state index in [1.54, 1.807) is 0 Å². The summed E-state index contributed by atoms with van der Waals surface area (Å²) < 4.78 is 0. The van der Waals surface area contributed by atoms with Crippen LogP contribution in [0.3, 0.4) is 0 Å². The smallest absolute Gasteiger partial charge is 0.319 e. The van der Waals surface area contributed by atoms with E-state index >= 15 is 0 Å². The number of carbonyl (C=O) groups excluding carboxylic acids is 1. The summed E-state index contributed by atoms with van der Waals surface area (Å²) in [6, 6.07) is 19.9. The first-order valence-corrected chi connectivity index (χ1v) is 10.9. The summed E-state index contributed by atoms with van der Waals surface area (Å²) in [7, 11) is 0. The fourth-order valence-electron chi connectivity index (χ4n) is 3.92. The number of amides is 2. The van der Waals surface area contributed by atoms with Gasteiger partial charge in [-0.3, -0.25) is 0 Å². The predicted octanol–water partition coefficient (Wildman–Crippen LogP) is 4.41. The number of hydrogen-bond donors (Lipinski definition) is 2. The molecule has 0 saturated carbocycles. The van der Waals surface area contributed by atoms with Gasteiger partial charge in [0.2, 0.25) is 0 Å². The monoisotopic (exact) mass is 415 g/mol. The zero-order valence-electron chi connectivity index (χ0n) is 17.9. The molecule has 1 unspecified atom stereocenters. The van der Waals surface area contributed by atoms with Crippen molar-refractivity contribution in [1.29, 1.82) is 0 Å². The molecule has 2 heterocycles. The normalized spacial score (nSPS) is 16.0. The van der Waals surface area contributed by atoms with Gasteiger partial charge in [-0.25, -0.2) is 14.8 Å². The molecule has 2 N–H and O–H groups in total. The van der Waals surface area contributed by atoms with Crippen LogP contribution in [0.4, 0.5) is 16.3 Å². The number of rotatable bonds is 6. The fourth-order valence-corrected chi connectivity index (χ4v) is 3.92. The van der Waals surface area contributed by atoms with Crippen LogP contribution in [0.15, 0.2) is 66.9 Å². The molecule has 1 saturated heterocycles. The van der Waals surface area contributed by atoms with Crippen molar-refractivity contribution in [3.63, 3.8) is 0 Å². The largest absolute Gasteiger partial charge is 0.356 e. The molecule has 1 fully saturated rings. The number of urea groups is 1. The number of nitrogens with one attached hydrogen (secondary N) is 2. The van der Waals surface area contributed by atoms with Gasteiger partial charge in [0, 0.05) is 37.9 Å². The van der Waals surface area contributed by atoms with Crippen molar-refractivity contribution >= 4 is 17.5 Å². The third kappa shape index (κ3) is 6.04. The van der Waals surface area contributed by atoms with E-state index < -0.39 is 0 Å². The average Bonchev–Trinajstić information content (AvgIpc) is 2.80. The summed E-state index contributed by atoms with van der Waals surface area (Å²) in [5.41, 5.74) is 3.19. The molecule has 1 atom stereocenters. The van der Waals surface area contributed by atoms with Crippen LogP contribution >= 0.6 is 0 Å². The molecular formula is C25H29N5O. The molecule has 0 radical (unpaired) electrons. The van der Waals surface area contributed by atoms with Gasteiger partial charge in [-0.15, -0.1) is 0 Å². The van der Waals surface area contributed by atoms with Crippen LogP contribution < -0.4 is 15.5 Å². The molecule has 2 aromatic carbocycles. The molecule has 1 aromatic heterocycles. The minimum Gasteiger partial charge on any atom is -0.356 e. The molecule has 0 aliphatic carbocycles. The van der Waals surface area contributed by atoms with Gasteiger partial charge in [-0.05, 0) is 49.4 Å². The Labute approximate surface area is 183 Å². The Kier molecular flexibility index (Phi) is 6.77. The van der Waals surface area contributed by atoms with Crippen molar-refractivity contribution in [2.75, 3.05) is 29.9 Å². The Balaban J connectivity index is 1.30. The maximum atomic E-state index is 12.3. The van der Waals surface area contributed by atoms with E-state index in [2.05, 4.69) is 32.7 Å². The Morgan fingerprint density at radius 3 is 2.71 bits per heavy atom. The highest BCUT2D eigenvalue weighted by molar-refractivity contribution is 5.89. The molecule has 1 aliphatic heterocycles. The second-order valence-electron chi connectivity index (χ2n) is 8.15. The van der Waals surface area contributed by atoms with E-state index in [0.29, 0.717) is 12.5 Å². The van der Waals surface area contributed by atoms with Crippen LogP contribution in [0.2, 0.25) is 0 Å². The standard InChI is InChI=1S/C25H29N5O/c1-19-9-11-22(12-10-19)28-25(31)27-17-21-8-5-15-30(18-21)24-13-14-26-23(29-24)16-20-6-3-2-4-7-20/h2-4,6-7,9-14,21H,5,8,15-18H2,1H3,(H2,27,28,31). The van der Waals surface area contributed by atoms with Crippen LogP contribution in [0, 0.1) is 12.8 Å². The molecule has 2 amide bonds. The summed E-state index contributed by atoms with van der Waals surface area (Å²) in [5.74, 6) is 2.20. The molecule has 0 bridgehead atoms.